The smallest absolute Gasteiger partial charge is 0.0964 e. The van der Waals surface area contributed by atoms with E-state index in [2.05, 4.69) is 27.6 Å². The van der Waals surface area contributed by atoms with Gasteiger partial charge in [-0.05, 0) is 38.6 Å². The molecule has 1 heterocycles. The highest BCUT2D eigenvalue weighted by Gasteiger charge is 2.21. The molecule has 1 aromatic heterocycles. The van der Waals surface area contributed by atoms with E-state index in [9.17, 15) is 0 Å². The van der Waals surface area contributed by atoms with Crippen LogP contribution in [0, 0.1) is 5.92 Å². The maximum atomic E-state index is 5.66. The van der Waals surface area contributed by atoms with Crippen LogP contribution in [0.3, 0.4) is 0 Å². The molecule has 6 nitrogen and oxygen atoms in total. The van der Waals surface area contributed by atoms with Gasteiger partial charge in [-0.3, -0.25) is 4.68 Å². The Kier molecular flexibility index (Phi) is 5.22. The van der Waals surface area contributed by atoms with Gasteiger partial charge < -0.3 is 15.0 Å². The molecule has 0 unspecified atom stereocenters. The summed E-state index contributed by atoms with van der Waals surface area (Å²) in [5, 5.41) is 11.8. The van der Waals surface area contributed by atoms with Crippen molar-refractivity contribution in [2.45, 2.75) is 44.8 Å². The van der Waals surface area contributed by atoms with Crippen molar-refractivity contribution in [3.05, 3.63) is 11.9 Å². The van der Waals surface area contributed by atoms with Crippen LogP contribution in [-0.4, -0.2) is 59.3 Å². The maximum Gasteiger partial charge on any atom is 0.0964 e. The van der Waals surface area contributed by atoms with Crippen molar-refractivity contribution in [1.29, 1.82) is 0 Å². The Hall–Kier alpha value is -0.980. The predicted molar refractivity (Wildman–Crippen MR) is 80.9 cm³/mol. The average Bonchev–Trinajstić information content (AvgIpc) is 3.40. The summed E-state index contributed by atoms with van der Waals surface area (Å²) >= 11 is 0. The summed E-state index contributed by atoms with van der Waals surface area (Å²) < 4.78 is 7.60. The van der Waals surface area contributed by atoms with E-state index in [4.69, 9.17) is 4.74 Å². The predicted octanol–water partition coefficient (Wildman–Crippen LogP) is 0.889. The van der Waals surface area contributed by atoms with Crippen molar-refractivity contribution in [2.75, 3.05) is 33.4 Å². The number of hydrogen-bond donors (Lipinski definition) is 1. The maximum absolute atomic E-state index is 5.66. The summed E-state index contributed by atoms with van der Waals surface area (Å²) in [7, 11) is 2.13. The minimum absolute atomic E-state index is 0.719. The fourth-order valence-electron chi connectivity index (χ4n) is 2.21. The highest BCUT2D eigenvalue weighted by molar-refractivity contribution is 4.94. The van der Waals surface area contributed by atoms with Crippen LogP contribution in [0.25, 0.3) is 0 Å². The van der Waals surface area contributed by atoms with Crippen LogP contribution in [0.1, 0.15) is 31.4 Å². The van der Waals surface area contributed by atoms with Gasteiger partial charge in [-0.1, -0.05) is 5.21 Å². The first-order valence-corrected chi connectivity index (χ1v) is 8.18. The minimum Gasteiger partial charge on any atom is -0.380 e. The quantitative estimate of drug-likeness (QED) is 0.614. The normalized spacial score (nSPS) is 18.6. The van der Waals surface area contributed by atoms with E-state index >= 15 is 0 Å². The molecule has 0 amide bonds. The molecule has 118 valence electrons. The zero-order valence-electron chi connectivity index (χ0n) is 13.0. The number of likely N-dealkylation sites (N-methyl/N-ethyl adjacent to an activating group) is 1. The van der Waals surface area contributed by atoms with Crippen LogP contribution in [0.5, 0.6) is 0 Å². The van der Waals surface area contributed by atoms with Gasteiger partial charge in [0.15, 0.2) is 0 Å². The molecule has 0 bridgehead atoms. The second kappa shape index (κ2) is 7.33. The van der Waals surface area contributed by atoms with Crippen LogP contribution in [0.15, 0.2) is 6.20 Å². The zero-order chi connectivity index (χ0) is 14.5. The van der Waals surface area contributed by atoms with Crippen LogP contribution in [-0.2, 0) is 17.8 Å². The summed E-state index contributed by atoms with van der Waals surface area (Å²) in [6, 6.07) is 0.719. The standard InChI is InChI=1S/C15H27N5O/c1-19(8-9-21-12-13-2-3-13)6-7-20-11-15(17-18-20)10-16-14-4-5-14/h11,13-14,16H,2-10,12H2,1H3. The first-order chi connectivity index (χ1) is 10.3. The molecule has 6 heteroatoms. The largest absolute Gasteiger partial charge is 0.380 e. The molecule has 0 saturated heterocycles. The first kappa shape index (κ1) is 14.9. The molecule has 0 atom stereocenters. The second-order valence-corrected chi connectivity index (χ2v) is 6.45. The molecule has 1 N–H and O–H groups in total. The number of ether oxygens (including phenoxy) is 1. The molecule has 0 radical (unpaired) electrons. The van der Waals surface area contributed by atoms with Crippen LogP contribution < -0.4 is 5.32 Å². The van der Waals surface area contributed by atoms with E-state index in [1.807, 2.05) is 10.9 Å². The van der Waals surface area contributed by atoms with Gasteiger partial charge in [-0.25, -0.2) is 0 Å². The lowest BCUT2D eigenvalue weighted by atomic mass is 10.4. The Morgan fingerprint density at radius 1 is 1.33 bits per heavy atom. The molecular formula is C15H27N5O. The van der Waals surface area contributed by atoms with Crippen LogP contribution >= 0.6 is 0 Å². The Balaban J connectivity index is 1.26. The zero-order valence-corrected chi connectivity index (χ0v) is 13.0. The van der Waals surface area contributed by atoms with Gasteiger partial charge >= 0.3 is 0 Å². The highest BCUT2D eigenvalue weighted by Crippen LogP contribution is 2.28. The first-order valence-electron chi connectivity index (χ1n) is 8.18. The Bertz CT molecular complexity index is 427. The van der Waals surface area contributed by atoms with Crippen molar-refractivity contribution < 1.29 is 4.74 Å². The molecule has 2 aliphatic carbocycles. The molecule has 2 aliphatic rings. The van der Waals surface area contributed by atoms with E-state index in [1.54, 1.807) is 0 Å². The van der Waals surface area contributed by atoms with E-state index in [-0.39, 0.29) is 0 Å². The van der Waals surface area contributed by atoms with Gasteiger partial charge in [0.25, 0.3) is 0 Å². The fraction of sp³-hybridized carbons (Fsp3) is 0.867. The topological polar surface area (TPSA) is 55.2 Å². The summed E-state index contributed by atoms with van der Waals surface area (Å²) in [6.07, 6.45) is 7.39. The molecule has 0 spiro atoms. The van der Waals surface area contributed by atoms with Crippen molar-refractivity contribution in [3.8, 4) is 0 Å². The van der Waals surface area contributed by atoms with E-state index in [1.165, 1.54) is 25.7 Å². The summed E-state index contributed by atoms with van der Waals surface area (Å²) in [5.41, 5.74) is 1.04. The summed E-state index contributed by atoms with van der Waals surface area (Å²) in [5.74, 6) is 0.855. The third-order valence-corrected chi connectivity index (χ3v) is 4.11. The van der Waals surface area contributed by atoms with E-state index in [0.29, 0.717) is 0 Å². The third kappa shape index (κ3) is 5.73. The van der Waals surface area contributed by atoms with Crippen LogP contribution in [0.2, 0.25) is 0 Å². The lowest BCUT2D eigenvalue weighted by Gasteiger charge is -2.16. The van der Waals surface area contributed by atoms with Gasteiger partial charge in [-0.2, -0.15) is 0 Å². The Morgan fingerprint density at radius 2 is 2.19 bits per heavy atom. The number of hydrogen-bond acceptors (Lipinski definition) is 5. The van der Waals surface area contributed by atoms with Crippen molar-refractivity contribution in [1.82, 2.24) is 25.2 Å². The molecule has 0 aromatic carbocycles. The molecule has 2 saturated carbocycles. The van der Waals surface area contributed by atoms with Crippen molar-refractivity contribution in [3.63, 3.8) is 0 Å². The highest BCUT2D eigenvalue weighted by atomic mass is 16.5. The van der Waals surface area contributed by atoms with Gasteiger partial charge in [0.1, 0.15) is 0 Å². The lowest BCUT2D eigenvalue weighted by molar-refractivity contribution is 0.102. The van der Waals surface area contributed by atoms with E-state index < -0.39 is 0 Å². The number of nitrogens with zero attached hydrogens (tertiary/aromatic N) is 4. The molecule has 21 heavy (non-hydrogen) atoms. The van der Waals surface area contributed by atoms with Crippen molar-refractivity contribution in [2.24, 2.45) is 5.92 Å². The molecule has 0 aliphatic heterocycles. The minimum atomic E-state index is 0.719. The second-order valence-electron chi connectivity index (χ2n) is 6.45. The van der Waals surface area contributed by atoms with Crippen LogP contribution in [0.4, 0.5) is 0 Å². The molecule has 2 fully saturated rings. The van der Waals surface area contributed by atoms with E-state index in [0.717, 1.165) is 57.0 Å². The number of aromatic nitrogens is 3. The number of nitrogens with one attached hydrogen (secondary N) is 1. The summed E-state index contributed by atoms with van der Waals surface area (Å²) in [4.78, 5) is 2.29. The van der Waals surface area contributed by atoms with Gasteiger partial charge in [0, 0.05) is 38.5 Å². The molecular weight excluding hydrogens is 266 g/mol. The Morgan fingerprint density at radius 3 is 2.95 bits per heavy atom. The monoisotopic (exact) mass is 293 g/mol. The lowest BCUT2D eigenvalue weighted by Crippen LogP contribution is -2.27. The molecule has 3 rings (SSSR count). The van der Waals surface area contributed by atoms with Gasteiger partial charge in [-0.15, -0.1) is 5.10 Å². The van der Waals surface area contributed by atoms with Gasteiger partial charge in [0.2, 0.25) is 0 Å². The van der Waals surface area contributed by atoms with Crippen molar-refractivity contribution >= 4 is 0 Å². The average molecular weight is 293 g/mol. The molecule has 1 aromatic rings. The van der Waals surface area contributed by atoms with Gasteiger partial charge in [0.05, 0.1) is 18.8 Å². The summed E-state index contributed by atoms with van der Waals surface area (Å²) in [6.45, 7) is 5.48. The Labute approximate surface area is 126 Å². The SMILES string of the molecule is CN(CCOCC1CC1)CCn1cc(CNC2CC2)nn1. The third-order valence-electron chi connectivity index (χ3n) is 4.11. The number of rotatable bonds is 11. The fourth-order valence-corrected chi connectivity index (χ4v) is 2.21.